The van der Waals surface area contributed by atoms with Crippen LogP contribution in [0, 0.1) is 0 Å². The van der Waals surface area contributed by atoms with Crippen molar-refractivity contribution in [3.8, 4) is 0 Å². The Bertz CT molecular complexity index is 1710. The van der Waals surface area contributed by atoms with E-state index >= 15 is 0 Å². The molecule has 2 radical (unpaired) electrons. The molecule has 2 nitrogen and oxygen atoms in total. The number of hydrogen-bond donors (Lipinski definition) is 0. The highest BCUT2D eigenvalue weighted by molar-refractivity contribution is 6.57. The summed E-state index contributed by atoms with van der Waals surface area (Å²) in [5.41, 5.74) is 8.01. The second-order valence-corrected chi connectivity index (χ2v) is 16.0. The highest BCUT2D eigenvalue weighted by atomic mass is 28.2. The fourth-order valence-electron chi connectivity index (χ4n) is 7.13. The van der Waals surface area contributed by atoms with E-state index in [-0.39, 0.29) is 11.0 Å². The number of benzene rings is 5. The Kier molecular flexibility index (Phi) is 15.2. The summed E-state index contributed by atoms with van der Waals surface area (Å²) in [6.07, 6.45) is 18.8. The lowest BCUT2D eigenvalue weighted by molar-refractivity contribution is 0.593. The smallest absolute Gasteiger partial charge is 0.0965 e. The van der Waals surface area contributed by atoms with E-state index in [4.69, 9.17) is 7.85 Å². The maximum absolute atomic E-state index is 6.12. The molecule has 0 fully saturated rings. The van der Waals surface area contributed by atoms with Crippen LogP contribution in [0.1, 0.15) is 104 Å². The zero-order valence-electron chi connectivity index (χ0n) is 30.8. The van der Waals surface area contributed by atoms with Crippen molar-refractivity contribution < 1.29 is 0 Å². The van der Waals surface area contributed by atoms with Crippen LogP contribution < -0.4 is 5.19 Å². The van der Waals surface area contributed by atoms with Gasteiger partial charge >= 0.3 is 0 Å². The summed E-state index contributed by atoms with van der Waals surface area (Å²) in [5.74, 6) is -0.0163. The molecule has 0 saturated carbocycles. The van der Waals surface area contributed by atoms with Crippen LogP contribution in [0.15, 0.2) is 158 Å². The summed E-state index contributed by atoms with van der Waals surface area (Å²) >= 11 is 0. The maximum atomic E-state index is 6.12. The minimum Gasteiger partial charge on any atom is -0.326 e. The number of unbranched alkanes of at least 4 members (excludes halogenated alkanes) is 6. The monoisotopic (exact) mass is 686 g/mol. The molecule has 0 unspecified atom stereocenters. The van der Waals surface area contributed by atoms with Gasteiger partial charge in [0.2, 0.25) is 0 Å². The van der Waals surface area contributed by atoms with Gasteiger partial charge in [-0.2, -0.15) is 0 Å². The lowest BCUT2D eigenvalue weighted by Crippen LogP contribution is -2.46. The van der Waals surface area contributed by atoms with Crippen molar-refractivity contribution in [1.82, 2.24) is 9.55 Å². The zero-order valence-corrected chi connectivity index (χ0v) is 32.3. The Labute approximate surface area is 311 Å². The van der Waals surface area contributed by atoms with Crippen molar-refractivity contribution >= 4 is 22.6 Å². The first-order valence-electron chi connectivity index (χ1n) is 19.2. The number of imidazole rings is 1. The predicted molar refractivity (Wildman–Crippen MR) is 222 cm³/mol. The number of aromatic nitrogens is 2. The molecule has 0 bridgehead atoms. The Morgan fingerprint density at radius 2 is 1.08 bits per heavy atom. The topological polar surface area (TPSA) is 17.8 Å². The molecule has 0 aliphatic heterocycles. The molecule has 1 heterocycles. The third kappa shape index (κ3) is 10.8. The second-order valence-electron chi connectivity index (χ2n) is 13.8. The molecule has 0 atom stereocenters. The molecule has 1 aromatic heterocycles. The average Bonchev–Trinajstić information content (AvgIpc) is 3.74. The summed E-state index contributed by atoms with van der Waals surface area (Å²) in [7, 11) is 5.28. The van der Waals surface area contributed by atoms with Crippen LogP contribution in [-0.2, 0) is 18.0 Å². The molecule has 0 spiro atoms. The summed E-state index contributed by atoms with van der Waals surface area (Å²) < 4.78 is 2.40. The van der Waals surface area contributed by atoms with Crippen molar-refractivity contribution in [2.45, 2.75) is 89.0 Å². The summed E-state index contributed by atoms with van der Waals surface area (Å²) in [6.45, 7) is 4.57. The molecular weight excluding hydrogens is 631 g/mol. The normalized spacial score (nSPS) is 11.5. The van der Waals surface area contributed by atoms with Gasteiger partial charge in [-0.25, -0.2) is 4.98 Å². The summed E-state index contributed by atoms with van der Waals surface area (Å²) in [4.78, 5) is 4.55. The van der Waals surface area contributed by atoms with Gasteiger partial charge in [-0.3, -0.25) is 0 Å². The molecule has 5 aromatic carbocycles. The Morgan fingerprint density at radius 1 is 0.588 bits per heavy atom. The van der Waals surface area contributed by atoms with Gasteiger partial charge in [0, 0.05) is 12.4 Å². The number of hydrogen-bond acceptors (Lipinski definition) is 1. The molecule has 51 heavy (non-hydrogen) atoms. The molecule has 0 amide bonds. The van der Waals surface area contributed by atoms with E-state index in [9.17, 15) is 0 Å². The molecule has 260 valence electrons. The molecule has 4 heteroatoms. The van der Waals surface area contributed by atoms with Crippen LogP contribution in [0.2, 0.25) is 0 Å². The van der Waals surface area contributed by atoms with Crippen LogP contribution in [0.25, 0.3) is 0 Å². The van der Waals surface area contributed by atoms with Crippen molar-refractivity contribution in [3.05, 3.63) is 192 Å². The van der Waals surface area contributed by atoms with Gasteiger partial charge < -0.3 is 4.57 Å². The largest absolute Gasteiger partial charge is 0.326 e. The maximum Gasteiger partial charge on any atom is 0.0965 e. The molecule has 0 aliphatic rings. The zero-order chi connectivity index (χ0) is 35.6. The van der Waals surface area contributed by atoms with Crippen molar-refractivity contribution in [3.63, 3.8) is 0 Å². The lowest BCUT2D eigenvalue weighted by Gasteiger charge is -2.37. The van der Waals surface area contributed by atoms with E-state index in [1.165, 1.54) is 78.8 Å². The third-order valence-electron chi connectivity index (χ3n) is 10.0. The first-order chi connectivity index (χ1) is 25.1. The van der Waals surface area contributed by atoms with Gasteiger partial charge in [-0.05, 0) is 64.9 Å². The standard InChI is InChI=1S/C34H44N2Si.C13H11B/c1-3-5-7-10-16-29-18-14-20-31(26-29)34(36-25-24-35-28-36,37-33-22-12-9-13-23-33)32-21-15-19-30(27-32)17-11-8-6-4-2;14-13(11-7-3-1-4-8-11)12-9-5-2-6-10-12/h9,12-15,18-28H,3-8,10-11,16-17,37H2,1-2H3;1-10,13H. The van der Waals surface area contributed by atoms with Gasteiger partial charge in [-0.15, -0.1) is 0 Å². The van der Waals surface area contributed by atoms with E-state index in [0.717, 1.165) is 24.0 Å². The molecule has 0 N–H and O–H groups in total. The average molecular weight is 687 g/mol. The van der Waals surface area contributed by atoms with Crippen LogP contribution in [0.4, 0.5) is 0 Å². The quantitative estimate of drug-likeness (QED) is 0.0690. The minimum absolute atomic E-state index is 0.0163. The van der Waals surface area contributed by atoms with Gasteiger partial charge in [0.1, 0.15) is 0 Å². The van der Waals surface area contributed by atoms with Gasteiger partial charge in [-0.1, -0.05) is 197 Å². The predicted octanol–water partition coefficient (Wildman–Crippen LogP) is 10.3. The Morgan fingerprint density at radius 3 is 1.53 bits per heavy atom. The van der Waals surface area contributed by atoms with Gasteiger partial charge in [0.15, 0.2) is 0 Å². The Hall–Kier alpha value is -4.41. The third-order valence-corrected chi connectivity index (χ3v) is 12.6. The van der Waals surface area contributed by atoms with E-state index in [1.807, 2.05) is 48.9 Å². The van der Waals surface area contributed by atoms with Crippen LogP contribution in [-0.4, -0.2) is 26.9 Å². The molecule has 0 saturated heterocycles. The fraction of sp³-hybridized carbons (Fsp3) is 0.298. The number of nitrogens with zero attached hydrogens (tertiary/aromatic N) is 2. The minimum atomic E-state index is -0.833. The first-order valence-corrected chi connectivity index (χ1v) is 20.6. The van der Waals surface area contributed by atoms with Crippen molar-refractivity contribution in [2.24, 2.45) is 0 Å². The summed E-state index contributed by atoms with van der Waals surface area (Å²) in [6, 6.07) is 50.3. The lowest BCUT2D eigenvalue weighted by atomic mass is 9.76. The second kappa shape index (κ2) is 20.4. The van der Waals surface area contributed by atoms with Crippen molar-refractivity contribution in [2.75, 3.05) is 0 Å². The molecule has 6 aromatic rings. The van der Waals surface area contributed by atoms with E-state index in [1.54, 1.807) is 0 Å². The molecule has 6 rings (SSSR count). The van der Waals surface area contributed by atoms with Crippen LogP contribution in [0.3, 0.4) is 0 Å². The Balaban J connectivity index is 0.000000299. The summed E-state index contributed by atoms with van der Waals surface area (Å²) in [5, 5.41) is 1.24. The number of rotatable bonds is 17. The van der Waals surface area contributed by atoms with Crippen molar-refractivity contribution in [1.29, 1.82) is 0 Å². The SMILES string of the molecule is CCCCCCc1cccc(C([SiH2]c2ccccc2)(c2cccc(CCCCCC)c2)n2ccnc2)c1.[B]C(c1ccccc1)c1ccccc1. The van der Waals surface area contributed by atoms with Gasteiger partial charge in [0.25, 0.3) is 0 Å². The van der Waals surface area contributed by atoms with Gasteiger partial charge in [0.05, 0.1) is 28.9 Å². The highest BCUT2D eigenvalue weighted by Crippen LogP contribution is 2.35. The van der Waals surface area contributed by atoms with E-state index < -0.39 is 9.52 Å². The number of aryl methyl sites for hydroxylation is 2. The van der Waals surface area contributed by atoms with Crippen LogP contribution >= 0.6 is 0 Å². The molecule has 0 aliphatic carbocycles. The van der Waals surface area contributed by atoms with E-state index in [0.29, 0.717) is 0 Å². The fourth-order valence-corrected chi connectivity index (χ4v) is 9.45. The molecular formula is C47H55BN2Si. The van der Waals surface area contributed by atoms with E-state index in [2.05, 4.69) is 133 Å². The van der Waals surface area contributed by atoms with Crippen LogP contribution in [0.5, 0.6) is 0 Å². The first kappa shape index (κ1) is 37.8. The highest BCUT2D eigenvalue weighted by Gasteiger charge is 2.37.